The van der Waals surface area contributed by atoms with E-state index in [1.807, 2.05) is 6.07 Å². The number of nitrogens with zero attached hydrogens (tertiary/aromatic N) is 1. The maximum Gasteiger partial charge on any atom is 0.179 e. The molecular formula is C16H25NO2S. The topological polar surface area (TPSA) is 37.4 Å². The molecule has 0 aliphatic heterocycles. The first-order valence-corrected chi connectivity index (χ1v) is 9.12. The van der Waals surface area contributed by atoms with Crippen molar-refractivity contribution in [3.63, 3.8) is 0 Å². The summed E-state index contributed by atoms with van der Waals surface area (Å²) in [5.41, 5.74) is 0. The van der Waals surface area contributed by atoms with Crippen molar-refractivity contribution in [2.75, 3.05) is 19.3 Å². The van der Waals surface area contributed by atoms with Crippen molar-refractivity contribution >= 4 is 9.84 Å². The third-order valence-corrected chi connectivity index (χ3v) is 6.13. The molecule has 2 rings (SSSR count). The summed E-state index contributed by atoms with van der Waals surface area (Å²) >= 11 is 0. The summed E-state index contributed by atoms with van der Waals surface area (Å²) in [7, 11) is -1.09. The highest BCUT2D eigenvalue weighted by molar-refractivity contribution is 7.91. The van der Waals surface area contributed by atoms with E-state index in [2.05, 4.69) is 18.9 Å². The van der Waals surface area contributed by atoms with Crippen molar-refractivity contribution in [3.8, 4) is 0 Å². The van der Waals surface area contributed by atoms with E-state index in [0.717, 1.165) is 5.92 Å². The van der Waals surface area contributed by atoms with Gasteiger partial charge in [0.15, 0.2) is 9.84 Å². The number of hydrogen-bond donors (Lipinski definition) is 0. The predicted molar refractivity (Wildman–Crippen MR) is 82.5 cm³/mol. The van der Waals surface area contributed by atoms with E-state index in [4.69, 9.17) is 0 Å². The minimum atomic E-state index is -3.15. The molecular weight excluding hydrogens is 270 g/mol. The molecule has 1 aliphatic rings. The zero-order valence-electron chi connectivity index (χ0n) is 12.5. The number of rotatable bonds is 5. The predicted octanol–water partition coefficient (Wildman–Crippen LogP) is 2.97. The number of sulfone groups is 1. The Morgan fingerprint density at radius 3 is 2.30 bits per heavy atom. The van der Waals surface area contributed by atoms with Crippen molar-refractivity contribution in [1.82, 2.24) is 4.90 Å². The second-order valence-corrected chi connectivity index (χ2v) is 8.14. The molecule has 1 saturated carbocycles. The van der Waals surface area contributed by atoms with E-state index in [1.54, 1.807) is 24.3 Å². The summed E-state index contributed by atoms with van der Waals surface area (Å²) < 4.78 is 24.5. The van der Waals surface area contributed by atoms with E-state index in [1.165, 1.54) is 25.7 Å². The summed E-state index contributed by atoms with van der Waals surface area (Å²) in [5, 5.41) is 0. The standard InChI is InChI=1S/C16H25NO2S/c1-14-8-10-15(11-9-14)17(2)12-13-20(18,19)16-6-4-3-5-7-16/h3-7,14-15H,8-13H2,1-2H3. The van der Waals surface area contributed by atoms with Gasteiger partial charge in [-0.15, -0.1) is 0 Å². The van der Waals surface area contributed by atoms with Gasteiger partial charge < -0.3 is 4.90 Å². The Hall–Kier alpha value is -0.870. The molecule has 4 heteroatoms. The van der Waals surface area contributed by atoms with E-state index < -0.39 is 9.84 Å². The van der Waals surface area contributed by atoms with Crippen LogP contribution in [0.4, 0.5) is 0 Å². The highest BCUT2D eigenvalue weighted by atomic mass is 32.2. The lowest BCUT2D eigenvalue weighted by atomic mass is 9.87. The molecule has 20 heavy (non-hydrogen) atoms. The summed E-state index contributed by atoms with van der Waals surface area (Å²) in [6.45, 7) is 2.92. The van der Waals surface area contributed by atoms with Gasteiger partial charge in [0.2, 0.25) is 0 Å². The maximum atomic E-state index is 12.2. The Balaban J connectivity index is 1.88. The molecule has 0 N–H and O–H groups in total. The smallest absolute Gasteiger partial charge is 0.179 e. The summed E-state index contributed by atoms with van der Waals surface area (Å²) in [4.78, 5) is 2.66. The van der Waals surface area contributed by atoms with Gasteiger partial charge in [0, 0.05) is 12.6 Å². The van der Waals surface area contributed by atoms with Crippen molar-refractivity contribution in [2.24, 2.45) is 5.92 Å². The first kappa shape index (κ1) is 15.5. The van der Waals surface area contributed by atoms with Crippen LogP contribution in [0.15, 0.2) is 35.2 Å². The minimum Gasteiger partial charge on any atom is -0.302 e. The average Bonchev–Trinajstić information content (AvgIpc) is 2.46. The summed E-state index contributed by atoms with van der Waals surface area (Å²) in [5.74, 6) is 1.03. The van der Waals surface area contributed by atoms with Gasteiger partial charge >= 0.3 is 0 Å². The molecule has 0 unspecified atom stereocenters. The molecule has 0 amide bonds. The van der Waals surface area contributed by atoms with Crippen LogP contribution in [-0.2, 0) is 9.84 Å². The fourth-order valence-corrected chi connectivity index (χ4v) is 4.21. The van der Waals surface area contributed by atoms with E-state index >= 15 is 0 Å². The van der Waals surface area contributed by atoms with Gasteiger partial charge in [-0.2, -0.15) is 0 Å². The van der Waals surface area contributed by atoms with Crippen molar-refractivity contribution < 1.29 is 8.42 Å². The Morgan fingerprint density at radius 1 is 1.10 bits per heavy atom. The summed E-state index contributed by atoms with van der Waals surface area (Å²) in [6, 6.07) is 9.30. The van der Waals surface area contributed by atoms with Crippen LogP contribution < -0.4 is 0 Å². The Bertz CT molecular complexity index is 505. The highest BCUT2D eigenvalue weighted by Gasteiger charge is 2.23. The van der Waals surface area contributed by atoms with Crippen LogP contribution in [0.3, 0.4) is 0 Å². The number of benzene rings is 1. The molecule has 0 aromatic heterocycles. The first-order valence-electron chi connectivity index (χ1n) is 7.47. The quantitative estimate of drug-likeness (QED) is 0.838. The third-order valence-electron chi connectivity index (χ3n) is 4.42. The third kappa shape index (κ3) is 4.06. The molecule has 0 atom stereocenters. The average molecular weight is 295 g/mol. The van der Waals surface area contributed by atoms with Crippen molar-refractivity contribution in [3.05, 3.63) is 30.3 Å². The van der Waals surface area contributed by atoms with Gasteiger partial charge in [-0.3, -0.25) is 0 Å². The van der Waals surface area contributed by atoms with Crippen LogP contribution in [0.2, 0.25) is 0 Å². The fraction of sp³-hybridized carbons (Fsp3) is 0.625. The maximum absolute atomic E-state index is 12.2. The molecule has 0 saturated heterocycles. The lowest BCUT2D eigenvalue weighted by Gasteiger charge is -2.33. The molecule has 112 valence electrons. The van der Waals surface area contributed by atoms with E-state index in [-0.39, 0.29) is 5.75 Å². The van der Waals surface area contributed by atoms with Gasteiger partial charge in [0.05, 0.1) is 10.6 Å². The van der Waals surface area contributed by atoms with Crippen LogP contribution in [0.25, 0.3) is 0 Å². The fourth-order valence-electron chi connectivity index (χ4n) is 2.88. The van der Waals surface area contributed by atoms with Gasteiger partial charge in [-0.25, -0.2) is 8.42 Å². The molecule has 1 aromatic rings. The molecule has 1 fully saturated rings. The SMILES string of the molecule is CC1CCC(N(C)CCS(=O)(=O)c2ccccc2)CC1. The normalized spacial score (nSPS) is 23.9. The van der Waals surface area contributed by atoms with E-state index in [9.17, 15) is 8.42 Å². The lowest BCUT2D eigenvalue weighted by Crippen LogP contribution is -2.37. The zero-order chi connectivity index (χ0) is 14.6. The molecule has 1 aromatic carbocycles. The highest BCUT2D eigenvalue weighted by Crippen LogP contribution is 2.26. The largest absolute Gasteiger partial charge is 0.302 e. The van der Waals surface area contributed by atoms with E-state index in [0.29, 0.717) is 17.5 Å². The lowest BCUT2D eigenvalue weighted by molar-refractivity contribution is 0.178. The Morgan fingerprint density at radius 2 is 1.70 bits per heavy atom. The van der Waals surface area contributed by atoms with Crippen LogP contribution in [0.1, 0.15) is 32.6 Å². The molecule has 0 radical (unpaired) electrons. The Labute approximate surface area is 122 Å². The monoisotopic (exact) mass is 295 g/mol. The first-order chi connectivity index (χ1) is 9.49. The Kier molecular flexibility index (Phi) is 5.22. The molecule has 3 nitrogen and oxygen atoms in total. The van der Waals surface area contributed by atoms with Crippen LogP contribution in [0.5, 0.6) is 0 Å². The van der Waals surface area contributed by atoms with Crippen LogP contribution >= 0.6 is 0 Å². The summed E-state index contributed by atoms with van der Waals surface area (Å²) in [6.07, 6.45) is 4.92. The number of hydrogen-bond acceptors (Lipinski definition) is 3. The molecule has 0 heterocycles. The van der Waals surface area contributed by atoms with Gasteiger partial charge in [-0.1, -0.05) is 25.1 Å². The van der Waals surface area contributed by atoms with Crippen LogP contribution in [-0.4, -0.2) is 38.7 Å². The van der Waals surface area contributed by atoms with Gasteiger partial charge in [0.25, 0.3) is 0 Å². The van der Waals surface area contributed by atoms with Crippen LogP contribution in [0, 0.1) is 5.92 Å². The van der Waals surface area contributed by atoms with Gasteiger partial charge in [0.1, 0.15) is 0 Å². The molecule has 0 bridgehead atoms. The van der Waals surface area contributed by atoms with Crippen molar-refractivity contribution in [1.29, 1.82) is 0 Å². The zero-order valence-corrected chi connectivity index (χ0v) is 13.3. The molecule has 0 spiro atoms. The van der Waals surface area contributed by atoms with Gasteiger partial charge in [-0.05, 0) is 50.8 Å². The second kappa shape index (κ2) is 6.72. The van der Waals surface area contributed by atoms with Crippen molar-refractivity contribution in [2.45, 2.75) is 43.5 Å². The minimum absolute atomic E-state index is 0.208. The molecule has 1 aliphatic carbocycles. The second-order valence-electron chi connectivity index (χ2n) is 6.03.